The summed E-state index contributed by atoms with van der Waals surface area (Å²) in [6.45, 7) is 1.50. The van der Waals surface area contributed by atoms with Gasteiger partial charge in [-0.25, -0.2) is 0 Å². The second kappa shape index (κ2) is 8.21. The third-order valence-corrected chi connectivity index (χ3v) is 3.97. The first kappa shape index (κ1) is 18.4. The van der Waals surface area contributed by atoms with Gasteiger partial charge in [0.15, 0.2) is 17.3 Å². The molecular formula is C16H16N4O4S. The summed E-state index contributed by atoms with van der Waals surface area (Å²) in [7, 11) is 3.07. The number of benzene rings is 1. The Bertz CT molecular complexity index is 850. The van der Waals surface area contributed by atoms with Crippen molar-refractivity contribution in [2.75, 3.05) is 20.0 Å². The molecule has 0 bridgehead atoms. The van der Waals surface area contributed by atoms with E-state index >= 15 is 0 Å². The Kier molecular flexibility index (Phi) is 6.03. The summed E-state index contributed by atoms with van der Waals surface area (Å²) in [5, 5.41) is 17.0. The van der Waals surface area contributed by atoms with E-state index < -0.39 is 5.78 Å². The lowest BCUT2D eigenvalue weighted by Crippen LogP contribution is -2.10. The Morgan fingerprint density at radius 3 is 2.64 bits per heavy atom. The van der Waals surface area contributed by atoms with E-state index in [-0.39, 0.29) is 28.1 Å². The number of nitrogens with zero attached hydrogens (tertiary/aromatic N) is 3. The van der Waals surface area contributed by atoms with Crippen molar-refractivity contribution < 1.29 is 18.7 Å². The predicted molar refractivity (Wildman–Crippen MR) is 91.1 cm³/mol. The van der Waals surface area contributed by atoms with Gasteiger partial charge in [-0.1, -0.05) is 11.8 Å². The van der Waals surface area contributed by atoms with Gasteiger partial charge in [-0.2, -0.15) is 5.26 Å². The summed E-state index contributed by atoms with van der Waals surface area (Å²) in [5.74, 6) is 0.981. The second-order valence-corrected chi connectivity index (χ2v) is 5.75. The molecule has 0 radical (unpaired) electrons. The number of ketones is 1. The molecule has 0 amide bonds. The molecule has 2 N–H and O–H groups in total. The molecule has 2 rings (SSSR count). The molecule has 25 heavy (non-hydrogen) atoms. The summed E-state index contributed by atoms with van der Waals surface area (Å²) in [6, 6.07) is 6.98. The monoisotopic (exact) mass is 360 g/mol. The lowest BCUT2D eigenvalue weighted by atomic mass is 10.2. The number of hydrogen-bond acceptors (Lipinski definition) is 9. The fourth-order valence-electron chi connectivity index (χ4n) is 1.92. The minimum atomic E-state index is -0.390. The van der Waals surface area contributed by atoms with Crippen LogP contribution in [-0.4, -0.2) is 36.0 Å². The van der Waals surface area contributed by atoms with Gasteiger partial charge < -0.3 is 19.6 Å². The molecule has 9 heteroatoms. The number of thioether (sulfide) groups is 1. The average molecular weight is 360 g/mol. The van der Waals surface area contributed by atoms with Crippen molar-refractivity contribution in [1.82, 2.24) is 10.2 Å². The fraction of sp³-hybridized carbons (Fsp3) is 0.250. The van der Waals surface area contributed by atoms with Gasteiger partial charge in [-0.3, -0.25) is 4.79 Å². The highest BCUT2D eigenvalue weighted by atomic mass is 32.2. The van der Waals surface area contributed by atoms with E-state index in [1.54, 1.807) is 31.4 Å². The average Bonchev–Trinajstić information content (AvgIpc) is 3.08. The molecule has 1 aromatic carbocycles. The summed E-state index contributed by atoms with van der Waals surface area (Å²) in [5.41, 5.74) is 6.28. The molecule has 0 aliphatic carbocycles. The number of hydrogen-bond donors (Lipinski definition) is 1. The first-order chi connectivity index (χ1) is 12.0. The van der Waals surface area contributed by atoms with Gasteiger partial charge in [-0.15, -0.1) is 10.2 Å². The van der Waals surface area contributed by atoms with Gasteiger partial charge in [0.2, 0.25) is 5.89 Å². The van der Waals surface area contributed by atoms with E-state index in [2.05, 4.69) is 10.2 Å². The van der Waals surface area contributed by atoms with E-state index in [0.29, 0.717) is 17.1 Å². The van der Waals surface area contributed by atoms with E-state index in [4.69, 9.17) is 24.9 Å². The standard InChI is InChI=1S/C16H16N4O4S/c1-9(18)11(7-17)12(21)8-25-16-20-19-15(24-16)10-4-5-13(22-2)14(6-10)23-3/h4-6H,8,18H2,1-3H3/b11-9+. The number of nitrogens with two attached hydrogens (primary N) is 1. The molecule has 0 atom stereocenters. The van der Waals surface area contributed by atoms with Crippen LogP contribution in [0.4, 0.5) is 0 Å². The Morgan fingerprint density at radius 2 is 2.04 bits per heavy atom. The minimum absolute atomic E-state index is 0.0228. The van der Waals surface area contributed by atoms with Crippen LogP contribution in [0.25, 0.3) is 11.5 Å². The van der Waals surface area contributed by atoms with Crippen molar-refractivity contribution in [2.45, 2.75) is 12.1 Å². The normalized spacial score (nSPS) is 11.4. The number of Topliss-reactive ketones (excluding diaryl/α,β-unsaturated/α-hetero) is 1. The lowest BCUT2D eigenvalue weighted by molar-refractivity contribution is -0.112. The van der Waals surface area contributed by atoms with Crippen molar-refractivity contribution in [3.05, 3.63) is 29.5 Å². The van der Waals surface area contributed by atoms with Gasteiger partial charge in [-0.05, 0) is 25.1 Å². The van der Waals surface area contributed by atoms with Gasteiger partial charge >= 0.3 is 0 Å². The first-order valence-corrected chi connectivity index (χ1v) is 8.07. The molecule has 8 nitrogen and oxygen atoms in total. The SMILES string of the molecule is COc1ccc(-c2nnc(SCC(=O)/C(C#N)=C(\C)N)o2)cc1OC. The predicted octanol–water partition coefficient (Wildman–Crippen LogP) is 2.17. The van der Waals surface area contributed by atoms with Crippen LogP contribution < -0.4 is 15.2 Å². The first-order valence-electron chi connectivity index (χ1n) is 7.08. The number of carbonyl (C=O) groups excluding carboxylic acids is 1. The molecule has 0 aliphatic heterocycles. The maximum absolute atomic E-state index is 11.9. The van der Waals surface area contributed by atoms with Crippen LogP contribution in [0, 0.1) is 11.3 Å². The smallest absolute Gasteiger partial charge is 0.277 e. The summed E-state index contributed by atoms with van der Waals surface area (Å²) in [4.78, 5) is 11.9. The number of aromatic nitrogens is 2. The van der Waals surface area contributed by atoms with Crippen LogP contribution in [0.5, 0.6) is 11.5 Å². The van der Waals surface area contributed by atoms with Crippen LogP contribution in [0.1, 0.15) is 6.92 Å². The highest BCUT2D eigenvalue weighted by Gasteiger charge is 2.16. The summed E-state index contributed by atoms with van der Waals surface area (Å²) in [6.07, 6.45) is 0. The second-order valence-electron chi connectivity index (χ2n) is 4.82. The number of methoxy groups -OCH3 is 2. The summed E-state index contributed by atoms with van der Waals surface area (Å²) >= 11 is 1.04. The van der Waals surface area contributed by atoms with E-state index in [1.165, 1.54) is 14.0 Å². The molecular weight excluding hydrogens is 344 g/mol. The molecule has 0 fully saturated rings. The molecule has 1 aromatic heterocycles. The number of ether oxygens (including phenoxy) is 2. The Hall–Kier alpha value is -2.99. The molecule has 0 unspecified atom stereocenters. The van der Waals surface area contributed by atoms with Crippen LogP contribution in [0.15, 0.2) is 39.1 Å². The number of allylic oxidation sites excluding steroid dienone is 2. The molecule has 2 aromatic rings. The quantitative estimate of drug-likeness (QED) is 0.449. The van der Waals surface area contributed by atoms with E-state index in [0.717, 1.165) is 11.8 Å². The van der Waals surface area contributed by atoms with Gasteiger partial charge in [0.05, 0.1) is 20.0 Å². The van der Waals surface area contributed by atoms with Crippen molar-refractivity contribution >= 4 is 17.5 Å². The third kappa shape index (κ3) is 4.30. The van der Waals surface area contributed by atoms with Crippen LogP contribution >= 0.6 is 11.8 Å². The zero-order chi connectivity index (χ0) is 18.4. The fourth-order valence-corrected chi connectivity index (χ4v) is 2.56. The zero-order valence-corrected chi connectivity index (χ0v) is 14.7. The largest absolute Gasteiger partial charge is 0.493 e. The van der Waals surface area contributed by atoms with Crippen molar-refractivity contribution in [2.24, 2.45) is 5.73 Å². The highest BCUT2D eigenvalue weighted by molar-refractivity contribution is 7.99. The number of carbonyl (C=O) groups is 1. The maximum Gasteiger partial charge on any atom is 0.277 e. The Balaban J connectivity index is 2.12. The van der Waals surface area contributed by atoms with Crippen molar-refractivity contribution in [1.29, 1.82) is 5.26 Å². The zero-order valence-electron chi connectivity index (χ0n) is 13.9. The lowest BCUT2D eigenvalue weighted by Gasteiger charge is -2.07. The van der Waals surface area contributed by atoms with Crippen LogP contribution in [0.2, 0.25) is 0 Å². The molecule has 0 aliphatic rings. The van der Waals surface area contributed by atoms with E-state index in [1.807, 2.05) is 0 Å². The topological polar surface area (TPSA) is 124 Å². The molecule has 130 valence electrons. The Labute approximate surface area is 148 Å². The molecule has 1 heterocycles. The van der Waals surface area contributed by atoms with E-state index in [9.17, 15) is 4.79 Å². The summed E-state index contributed by atoms with van der Waals surface area (Å²) < 4.78 is 15.9. The highest BCUT2D eigenvalue weighted by Crippen LogP contribution is 2.32. The minimum Gasteiger partial charge on any atom is -0.493 e. The van der Waals surface area contributed by atoms with Gasteiger partial charge in [0.25, 0.3) is 5.22 Å². The number of rotatable bonds is 7. The van der Waals surface area contributed by atoms with Crippen molar-refractivity contribution in [3.8, 4) is 29.0 Å². The third-order valence-electron chi connectivity index (χ3n) is 3.15. The molecule has 0 spiro atoms. The van der Waals surface area contributed by atoms with Crippen LogP contribution in [0.3, 0.4) is 0 Å². The molecule has 0 saturated carbocycles. The molecule has 0 saturated heterocycles. The number of nitriles is 1. The van der Waals surface area contributed by atoms with Crippen LogP contribution in [-0.2, 0) is 4.79 Å². The van der Waals surface area contributed by atoms with Crippen molar-refractivity contribution in [3.63, 3.8) is 0 Å². The van der Waals surface area contributed by atoms with Gasteiger partial charge in [0, 0.05) is 11.3 Å². The van der Waals surface area contributed by atoms with Gasteiger partial charge in [0.1, 0.15) is 11.6 Å². The Morgan fingerprint density at radius 1 is 1.32 bits per heavy atom. The maximum atomic E-state index is 11.9.